The number of carbonyl (C=O) groups excluding carboxylic acids is 1. The number of fused-ring (bicyclic) bond motifs is 1. The number of ether oxygens (including phenoxy) is 1. The molecular formula is C23H18N2O2. The number of rotatable bonds is 5. The molecule has 0 spiro atoms. The van der Waals surface area contributed by atoms with Crippen LogP contribution in [-0.2, 0) is 0 Å². The zero-order valence-corrected chi connectivity index (χ0v) is 14.9. The Morgan fingerprint density at radius 2 is 1.52 bits per heavy atom. The Kier molecular flexibility index (Phi) is 4.62. The fraction of sp³-hybridized carbons (Fsp3) is 0.0870. The van der Waals surface area contributed by atoms with Crippen LogP contribution in [0.25, 0.3) is 22.3 Å². The summed E-state index contributed by atoms with van der Waals surface area (Å²) in [6, 6.07) is 24.5. The van der Waals surface area contributed by atoms with Gasteiger partial charge in [0.15, 0.2) is 6.10 Å². The molecule has 1 unspecified atom stereocenters. The number of aromatic nitrogens is 2. The molecular weight excluding hydrogens is 336 g/mol. The number of nitrogens with zero attached hydrogens (tertiary/aromatic N) is 2. The van der Waals surface area contributed by atoms with Crippen LogP contribution < -0.4 is 4.74 Å². The van der Waals surface area contributed by atoms with Crippen LogP contribution in [0.3, 0.4) is 0 Å². The average Bonchev–Trinajstić information content (AvgIpc) is 2.74. The SMILES string of the molecule is CC(Oc1ccc(-c2cnc3ccccc3n2)cc1)C(=O)c1ccccc1. The third-order valence-electron chi connectivity index (χ3n) is 4.34. The van der Waals surface area contributed by atoms with E-state index in [4.69, 9.17) is 4.74 Å². The lowest BCUT2D eigenvalue weighted by Gasteiger charge is -2.14. The first-order valence-corrected chi connectivity index (χ1v) is 8.79. The van der Waals surface area contributed by atoms with Gasteiger partial charge in [0, 0.05) is 11.1 Å². The van der Waals surface area contributed by atoms with Gasteiger partial charge in [-0.1, -0.05) is 42.5 Å². The maximum atomic E-state index is 12.4. The minimum Gasteiger partial charge on any atom is -0.483 e. The standard InChI is InChI=1S/C23H18N2O2/c1-16(23(26)18-7-3-2-4-8-18)27-19-13-11-17(12-14-19)22-15-24-20-9-5-6-10-21(20)25-22/h2-16H,1H3. The summed E-state index contributed by atoms with van der Waals surface area (Å²) in [5.74, 6) is 0.601. The quantitative estimate of drug-likeness (QED) is 0.476. The van der Waals surface area contributed by atoms with Crippen molar-refractivity contribution in [3.05, 3.63) is 90.6 Å². The molecule has 4 rings (SSSR count). The van der Waals surface area contributed by atoms with Gasteiger partial charge in [0.25, 0.3) is 0 Å². The van der Waals surface area contributed by atoms with Crippen molar-refractivity contribution in [2.75, 3.05) is 0 Å². The van der Waals surface area contributed by atoms with Crippen molar-refractivity contribution in [1.82, 2.24) is 9.97 Å². The first kappa shape index (κ1) is 16.9. The molecule has 0 amide bonds. The van der Waals surface area contributed by atoms with Crippen LogP contribution in [0.4, 0.5) is 0 Å². The minimum absolute atomic E-state index is 0.0416. The Hall–Kier alpha value is -3.53. The number of ketones is 1. The zero-order valence-electron chi connectivity index (χ0n) is 14.9. The van der Waals surface area contributed by atoms with Crippen molar-refractivity contribution in [2.45, 2.75) is 13.0 Å². The second kappa shape index (κ2) is 7.38. The van der Waals surface area contributed by atoms with E-state index in [0.29, 0.717) is 11.3 Å². The Labute approximate surface area is 157 Å². The van der Waals surface area contributed by atoms with E-state index >= 15 is 0 Å². The minimum atomic E-state index is -0.557. The number of carbonyl (C=O) groups is 1. The fourth-order valence-corrected chi connectivity index (χ4v) is 2.90. The molecule has 0 saturated carbocycles. The largest absolute Gasteiger partial charge is 0.483 e. The molecule has 1 atom stereocenters. The van der Waals surface area contributed by atoms with Crippen LogP contribution in [0.15, 0.2) is 85.1 Å². The van der Waals surface area contributed by atoms with Gasteiger partial charge >= 0.3 is 0 Å². The summed E-state index contributed by atoms with van der Waals surface area (Å²) in [6.45, 7) is 1.76. The predicted octanol–water partition coefficient (Wildman–Crippen LogP) is 4.95. The molecule has 0 N–H and O–H groups in total. The third kappa shape index (κ3) is 3.70. The average molecular weight is 354 g/mol. The van der Waals surface area contributed by atoms with E-state index in [0.717, 1.165) is 22.3 Å². The van der Waals surface area contributed by atoms with Gasteiger partial charge in [-0.05, 0) is 43.3 Å². The molecule has 132 valence electrons. The molecule has 4 aromatic rings. The molecule has 0 aliphatic carbocycles. The molecule has 0 fully saturated rings. The summed E-state index contributed by atoms with van der Waals surface area (Å²) in [5, 5.41) is 0. The topological polar surface area (TPSA) is 52.1 Å². The highest BCUT2D eigenvalue weighted by molar-refractivity contribution is 5.99. The van der Waals surface area contributed by atoms with Gasteiger partial charge in [0.05, 0.1) is 22.9 Å². The Balaban J connectivity index is 1.50. The Bertz CT molecular complexity index is 1080. The normalized spacial score (nSPS) is 11.9. The number of hydrogen-bond donors (Lipinski definition) is 0. The first-order valence-electron chi connectivity index (χ1n) is 8.79. The van der Waals surface area contributed by atoms with E-state index in [1.54, 1.807) is 25.3 Å². The third-order valence-corrected chi connectivity index (χ3v) is 4.34. The van der Waals surface area contributed by atoms with Crippen LogP contribution in [0.2, 0.25) is 0 Å². The molecule has 1 heterocycles. The van der Waals surface area contributed by atoms with Gasteiger partial charge in [-0.3, -0.25) is 9.78 Å². The highest BCUT2D eigenvalue weighted by atomic mass is 16.5. The monoisotopic (exact) mass is 354 g/mol. The number of Topliss-reactive ketones (excluding diaryl/α,β-unsaturated/α-hetero) is 1. The van der Waals surface area contributed by atoms with Gasteiger partial charge in [-0.15, -0.1) is 0 Å². The molecule has 27 heavy (non-hydrogen) atoms. The van der Waals surface area contributed by atoms with Crippen molar-refractivity contribution in [2.24, 2.45) is 0 Å². The van der Waals surface area contributed by atoms with Crippen molar-refractivity contribution < 1.29 is 9.53 Å². The predicted molar refractivity (Wildman–Crippen MR) is 106 cm³/mol. The van der Waals surface area contributed by atoms with Crippen LogP contribution in [0.5, 0.6) is 5.75 Å². The highest BCUT2D eigenvalue weighted by Crippen LogP contribution is 2.23. The lowest BCUT2D eigenvalue weighted by atomic mass is 10.1. The maximum absolute atomic E-state index is 12.4. The van der Waals surface area contributed by atoms with Gasteiger partial charge in [-0.25, -0.2) is 4.98 Å². The van der Waals surface area contributed by atoms with E-state index < -0.39 is 6.10 Å². The summed E-state index contributed by atoms with van der Waals surface area (Å²) in [7, 11) is 0. The van der Waals surface area contributed by atoms with Crippen LogP contribution in [0, 0.1) is 0 Å². The van der Waals surface area contributed by atoms with E-state index in [1.807, 2.05) is 66.7 Å². The Morgan fingerprint density at radius 1 is 0.852 bits per heavy atom. The molecule has 3 aromatic carbocycles. The van der Waals surface area contributed by atoms with Crippen LogP contribution in [-0.4, -0.2) is 21.9 Å². The molecule has 0 aliphatic rings. The van der Waals surface area contributed by atoms with Gasteiger partial charge < -0.3 is 4.74 Å². The zero-order chi connectivity index (χ0) is 18.6. The highest BCUT2D eigenvalue weighted by Gasteiger charge is 2.16. The first-order chi connectivity index (χ1) is 13.2. The lowest BCUT2D eigenvalue weighted by molar-refractivity contribution is 0.0818. The molecule has 4 nitrogen and oxygen atoms in total. The van der Waals surface area contributed by atoms with Gasteiger partial charge in [-0.2, -0.15) is 0 Å². The van der Waals surface area contributed by atoms with Gasteiger partial charge in [0.1, 0.15) is 5.75 Å². The summed E-state index contributed by atoms with van der Waals surface area (Å²) in [4.78, 5) is 21.5. The summed E-state index contributed by atoms with van der Waals surface area (Å²) >= 11 is 0. The smallest absolute Gasteiger partial charge is 0.202 e. The number of hydrogen-bond acceptors (Lipinski definition) is 4. The van der Waals surface area contributed by atoms with Crippen molar-refractivity contribution in [3.63, 3.8) is 0 Å². The Morgan fingerprint density at radius 3 is 2.26 bits per heavy atom. The molecule has 0 radical (unpaired) electrons. The van der Waals surface area contributed by atoms with Crippen LogP contribution in [0.1, 0.15) is 17.3 Å². The molecule has 4 heteroatoms. The molecule has 0 bridgehead atoms. The van der Waals surface area contributed by atoms with Crippen molar-refractivity contribution in [3.8, 4) is 17.0 Å². The van der Waals surface area contributed by atoms with E-state index in [-0.39, 0.29) is 5.78 Å². The van der Waals surface area contributed by atoms with Crippen molar-refractivity contribution >= 4 is 16.8 Å². The molecule has 1 aromatic heterocycles. The number of para-hydroxylation sites is 2. The molecule has 0 aliphatic heterocycles. The second-order valence-electron chi connectivity index (χ2n) is 6.26. The van der Waals surface area contributed by atoms with E-state index in [9.17, 15) is 4.79 Å². The summed E-state index contributed by atoms with van der Waals surface area (Å²) < 4.78 is 5.81. The number of benzene rings is 3. The summed E-state index contributed by atoms with van der Waals surface area (Å²) in [5.41, 5.74) is 4.12. The van der Waals surface area contributed by atoms with E-state index in [2.05, 4.69) is 9.97 Å². The van der Waals surface area contributed by atoms with Crippen LogP contribution >= 0.6 is 0 Å². The fourth-order valence-electron chi connectivity index (χ4n) is 2.90. The molecule has 0 saturated heterocycles. The summed E-state index contributed by atoms with van der Waals surface area (Å²) in [6.07, 6.45) is 1.21. The second-order valence-corrected chi connectivity index (χ2v) is 6.26. The maximum Gasteiger partial charge on any atom is 0.202 e. The van der Waals surface area contributed by atoms with Crippen molar-refractivity contribution in [1.29, 1.82) is 0 Å². The van der Waals surface area contributed by atoms with Gasteiger partial charge in [0.2, 0.25) is 5.78 Å². The van der Waals surface area contributed by atoms with E-state index in [1.165, 1.54) is 0 Å². The lowest BCUT2D eigenvalue weighted by Crippen LogP contribution is -2.23.